The molecule has 0 amide bonds. The quantitative estimate of drug-likeness (QED) is 0.668. The lowest BCUT2D eigenvalue weighted by Gasteiger charge is -2.08. The first kappa shape index (κ1) is 14.4. The first-order valence-corrected chi connectivity index (χ1v) is 8.01. The number of nitrogens with zero attached hydrogens (tertiary/aromatic N) is 2. The van der Waals surface area contributed by atoms with Crippen molar-refractivity contribution in [3.63, 3.8) is 0 Å². The lowest BCUT2D eigenvalue weighted by atomic mass is 10.3. The maximum absolute atomic E-state index is 12.5. The molecule has 8 nitrogen and oxygen atoms in total. The molecule has 0 bridgehead atoms. The van der Waals surface area contributed by atoms with Crippen molar-refractivity contribution >= 4 is 26.7 Å². The molecule has 22 heavy (non-hydrogen) atoms. The summed E-state index contributed by atoms with van der Waals surface area (Å²) < 4.78 is 29.2. The first-order valence-electron chi connectivity index (χ1n) is 6.53. The van der Waals surface area contributed by atoms with Gasteiger partial charge in [-0.05, 0) is 32.0 Å². The molecule has 0 radical (unpaired) electrons. The molecule has 0 aliphatic rings. The maximum Gasteiger partial charge on any atom is 0.323 e. The van der Waals surface area contributed by atoms with Gasteiger partial charge in [-0.25, -0.2) is 13.2 Å². The van der Waals surface area contributed by atoms with E-state index in [-0.39, 0.29) is 10.6 Å². The van der Waals surface area contributed by atoms with Crippen molar-refractivity contribution in [3.8, 4) is 0 Å². The molecule has 0 aliphatic carbocycles. The van der Waals surface area contributed by atoms with Crippen molar-refractivity contribution in [1.29, 1.82) is 0 Å². The maximum atomic E-state index is 12.5. The predicted molar refractivity (Wildman–Crippen MR) is 82.4 cm³/mol. The number of H-pyrrole nitrogens is 2. The van der Waals surface area contributed by atoms with Crippen LogP contribution in [0.4, 0.5) is 5.69 Å². The van der Waals surface area contributed by atoms with Gasteiger partial charge in [-0.3, -0.25) is 9.40 Å². The second-order valence-corrected chi connectivity index (χ2v) is 6.74. The van der Waals surface area contributed by atoms with Gasteiger partial charge in [0.15, 0.2) is 0 Å². The Morgan fingerprint density at radius 3 is 2.50 bits per heavy atom. The molecule has 2 aromatic heterocycles. The Kier molecular flexibility index (Phi) is 3.10. The van der Waals surface area contributed by atoms with Crippen LogP contribution in [0.2, 0.25) is 0 Å². The second-order valence-electron chi connectivity index (χ2n) is 5.06. The van der Waals surface area contributed by atoms with Crippen molar-refractivity contribution in [2.45, 2.75) is 18.7 Å². The van der Waals surface area contributed by atoms with E-state index in [1.165, 1.54) is 12.1 Å². The van der Waals surface area contributed by atoms with Gasteiger partial charge in [0.05, 0.1) is 33.0 Å². The summed E-state index contributed by atoms with van der Waals surface area (Å²) in [5.74, 6) is 0. The molecule has 0 spiro atoms. The average molecular weight is 321 g/mol. The van der Waals surface area contributed by atoms with E-state index >= 15 is 0 Å². The zero-order valence-corrected chi connectivity index (χ0v) is 13.1. The van der Waals surface area contributed by atoms with Gasteiger partial charge in [0.2, 0.25) is 0 Å². The summed E-state index contributed by atoms with van der Waals surface area (Å²) in [4.78, 5) is 16.4. The van der Waals surface area contributed by atoms with Crippen molar-refractivity contribution in [2.24, 2.45) is 7.05 Å². The molecule has 3 N–H and O–H groups in total. The molecular weight excluding hydrogens is 306 g/mol. The van der Waals surface area contributed by atoms with Crippen molar-refractivity contribution in [3.05, 3.63) is 40.1 Å². The zero-order chi connectivity index (χ0) is 16.1. The number of hydrogen-bond donors (Lipinski definition) is 3. The molecule has 9 heteroatoms. The monoisotopic (exact) mass is 321 g/mol. The van der Waals surface area contributed by atoms with Crippen LogP contribution in [0.1, 0.15) is 11.4 Å². The summed E-state index contributed by atoms with van der Waals surface area (Å²) in [5.41, 5.74) is 2.39. The number of imidazole rings is 1. The smallest absolute Gasteiger partial charge is 0.306 e. The van der Waals surface area contributed by atoms with Gasteiger partial charge < -0.3 is 9.97 Å². The lowest BCUT2D eigenvalue weighted by Crippen LogP contribution is -2.14. The summed E-state index contributed by atoms with van der Waals surface area (Å²) in [6, 6.07) is 4.40. The molecule has 0 saturated carbocycles. The van der Waals surface area contributed by atoms with Crippen molar-refractivity contribution in [1.82, 2.24) is 19.7 Å². The fourth-order valence-corrected chi connectivity index (χ4v) is 3.50. The molecule has 116 valence electrons. The minimum absolute atomic E-state index is 0.0675. The average Bonchev–Trinajstić information content (AvgIpc) is 2.92. The summed E-state index contributed by atoms with van der Waals surface area (Å²) in [6.07, 6.45) is 0. The Labute approximate surface area is 126 Å². The normalized spacial score (nSPS) is 12.0. The highest BCUT2D eigenvalue weighted by Gasteiger charge is 2.19. The van der Waals surface area contributed by atoms with Crippen LogP contribution >= 0.6 is 0 Å². The first-order chi connectivity index (χ1) is 10.3. The zero-order valence-electron chi connectivity index (χ0n) is 12.3. The van der Waals surface area contributed by atoms with Crippen LogP contribution in [0.5, 0.6) is 0 Å². The molecule has 3 aromatic rings. The van der Waals surface area contributed by atoms with Gasteiger partial charge in [-0.2, -0.15) is 5.10 Å². The molecule has 0 fully saturated rings. The van der Waals surface area contributed by atoms with Crippen LogP contribution in [0, 0.1) is 13.8 Å². The molecule has 0 unspecified atom stereocenters. The van der Waals surface area contributed by atoms with E-state index < -0.39 is 10.0 Å². The Hall–Kier alpha value is -2.55. The number of fused-ring (bicyclic) bond motifs is 1. The van der Waals surface area contributed by atoms with Gasteiger partial charge >= 0.3 is 5.69 Å². The van der Waals surface area contributed by atoms with Crippen LogP contribution < -0.4 is 10.4 Å². The second kappa shape index (κ2) is 4.73. The highest BCUT2D eigenvalue weighted by atomic mass is 32.2. The number of nitrogens with one attached hydrogen (secondary N) is 3. The fraction of sp³-hybridized carbons (Fsp3) is 0.231. The van der Waals surface area contributed by atoms with E-state index in [0.29, 0.717) is 22.4 Å². The van der Waals surface area contributed by atoms with Gasteiger partial charge in [0.1, 0.15) is 0 Å². The largest absolute Gasteiger partial charge is 0.323 e. The van der Waals surface area contributed by atoms with Crippen LogP contribution in [0.3, 0.4) is 0 Å². The Morgan fingerprint density at radius 1 is 1.18 bits per heavy atom. The summed E-state index contributed by atoms with van der Waals surface area (Å²) in [5, 5.41) is 4.18. The number of aromatic nitrogens is 4. The summed E-state index contributed by atoms with van der Waals surface area (Å²) in [6.45, 7) is 3.52. The van der Waals surface area contributed by atoms with E-state index in [9.17, 15) is 13.2 Å². The van der Waals surface area contributed by atoms with E-state index in [0.717, 1.165) is 5.69 Å². The Balaban J connectivity index is 2.05. The number of sulfonamides is 1. The highest BCUT2D eigenvalue weighted by Crippen LogP contribution is 2.23. The number of aromatic amines is 2. The van der Waals surface area contributed by atoms with E-state index in [1.807, 2.05) is 0 Å². The number of anilines is 1. The number of benzene rings is 1. The standard InChI is InChI=1S/C13H15N5O3S/c1-7-12(8(2)18(3)16-7)17-22(20,21)9-4-5-10-11(6-9)15-13(19)14-10/h4-6,17H,1-3H3,(H2,14,15,19). The highest BCUT2D eigenvalue weighted by molar-refractivity contribution is 7.92. The molecule has 0 atom stereocenters. The van der Waals surface area contributed by atoms with E-state index in [1.54, 1.807) is 31.6 Å². The van der Waals surface area contributed by atoms with E-state index in [2.05, 4.69) is 19.8 Å². The van der Waals surface area contributed by atoms with Gasteiger partial charge in [-0.15, -0.1) is 0 Å². The third-order valence-corrected chi connectivity index (χ3v) is 4.89. The predicted octanol–water partition coefficient (Wildman–Crippen LogP) is 1.01. The van der Waals surface area contributed by atoms with Crippen LogP contribution in [0.25, 0.3) is 11.0 Å². The number of hydrogen-bond acceptors (Lipinski definition) is 4. The van der Waals surface area contributed by atoms with Crippen LogP contribution in [0.15, 0.2) is 27.9 Å². The molecule has 3 rings (SSSR count). The van der Waals surface area contributed by atoms with E-state index in [4.69, 9.17) is 0 Å². The molecule has 2 heterocycles. The minimum Gasteiger partial charge on any atom is -0.306 e. The Morgan fingerprint density at radius 2 is 1.86 bits per heavy atom. The topological polar surface area (TPSA) is 113 Å². The van der Waals surface area contributed by atoms with Gasteiger partial charge in [-0.1, -0.05) is 0 Å². The number of rotatable bonds is 3. The third kappa shape index (κ3) is 2.29. The van der Waals surface area contributed by atoms with Crippen molar-refractivity contribution in [2.75, 3.05) is 4.72 Å². The number of aryl methyl sites for hydroxylation is 2. The Bertz CT molecular complexity index is 1030. The third-order valence-electron chi connectivity index (χ3n) is 3.54. The molecule has 1 aromatic carbocycles. The SMILES string of the molecule is Cc1nn(C)c(C)c1NS(=O)(=O)c1ccc2[nH]c(=O)[nH]c2c1. The summed E-state index contributed by atoms with van der Waals surface area (Å²) in [7, 11) is -2.02. The van der Waals surface area contributed by atoms with Gasteiger partial charge in [0, 0.05) is 7.05 Å². The summed E-state index contributed by atoms with van der Waals surface area (Å²) >= 11 is 0. The molecule has 0 saturated heterocycles. The van der Waals surface area contributed by atoms with Crippen LogP contribution in [-0.2, 0) is 17.1 Å². The molecular formula is C13H15N5O3S. The molecule has 0 aliphatic heterocycles. The minimum atomic E-state index is -3.77. The van der Waals surface area contributed by atoms with Crippen molar-refractivity contribution < 1.29 is 8.42 Å². The van der Waals surface area contributed by atoms with Gasteiger partial charge in [0.25, 0.3) is 10.0 Å². The van der Waals surface area contributed by atoms with Crippen LogP contribution in [-0.4, -0.2) is 28.2 Å². The lowest BCUT2D eigenvalue weighted by molar-refractivity contribution is 0.601. The fourth-order valence-electron chi connectivity index (χ4n) is 2.29.